The van der Waals surface area contributed by atoms with Gasteiger partial charge in [-0.05, 0) is 42.0 Å². The standard InChI is InChI=1S/C23H25FN4O/c1-5-14(23(2,3)4)9-16-11-19(20-7-6-8-29-20)28-22(27-16)18-13-26-21-17(18)10-15(24)12-25-21/h6-8,10-14H,5,9H2,1-4H3,(H,25,26)/t14-/m0/s1. The molecule has 150 valence electrons. The summed E-state index contributed by atoms with van der Waals surface area (Å²) in [5.74, 6) is 1.30. The van der Waals surface area contributed by atoms with Gasteiger partial charge < -0.3 is 9.40 Å². The van der Waals surface area contributed by atoms with E-state index < -0.39 is 0 Å². The van der Waals surface area contributed by atoms with E-state index >= 15 is 0 Å². The van der Waals surface area contributed by atoms with Crippen molar-refractivity contribution in [3.63, 3.8) is 0 Å². The third-order valence-electron chi connectivity index (χ3n) is 5.46. The van der Waals surface area contributed by atoms with Gasteiger partial charge in [0.25, 0.3) is 0 Å². The van der Waals surface area contributed by atoms with E-state index in [4.69, 9.17) is 14.4 Å². The molecule has 0 aliphatic heterocycles. The van der Waals surface area contributed by atoms with Gasteiger partial charge in [-0.15, -0.1) is 0 Å². The molecule has 0 bridgehead atoms. The average Bonchev–Trinajstić information content (AvgIpc) is 3.34. The van der Waals surface area contributed by atoms with Gasteiger partial charge in [-0.25, -0.2) is 19.3 Å². The summed E-state index contributed by atoms with van der Waals surface area (Å²) in [7, 11) is 0. The average molecular weight is 392 g/mol. The minimum Gasteiger partial charge on any atom is -0.463 e. The third-order valence-corrected chi connectivity index (χ3v) is 5.46. The first-order chi connectivity index (χ1) is 13.8. The van der Waals surface area contributed by atoms with Gasteiger partial charge in [-0.2, -0.15) is 0 Å². The summed E-state index contributed by atoms with van der Waals surface area (Å²) in [5.41, 5.74) is 3.17. The van der Waals surface area contributed by atoms with Gasteiger partial charge in [-0.1, -0.05) is 34.1 Å². The van der Waals surface area contributed by atoms with Crippen molar-refractivity contribution in [2.45, 2.75) is 40.5 Å². The van der Waals surface area contributed by atoms with Crippen molar-refractivity contribution in [2.75, 3.05) is 0 Å². The van der Waals surface area contributed by atoms with E-state index in [1.165, 1.54) is 12.3 Å². The topological polar surface area (TPSA) is 67.6 Å². The maximum absolute atomic E-state index is 13.8. The summed E-state index contributed by atoms with van der Waals surface area (Å²) in [6.07, 6.45) is 6.50. The van der Waals surface area contributed by atoms with Gasteiger partial charge in [0.15, 0.2) is 11.6 Å². The monoisotopic (exact) mass is 392 g/mol. The molecule has 29 heavy (non-hydrogen) atoms. The van der Waals surface area contributed by atoms with Crippen LogP contribution in [0.3, 0.4) is 0 Å². The van der Waals surface area contributed by atoms with Crippen LogP contribution < -0.4 is 0 Å². The van der Waals surface area contributed by atoms with Gasteiger partial charge in [0.2, 0.25) is 0 Å². The van der Waals surface area contributed by atoms with Crippen LogP contribution in [0.2, 0.25) is 0 Å². The number of hydrogen-bond acceptors (Lipinski definition) is 4. The van der Waals surface area contributed by atoms with Crippen LogP contribution in [0.1, 0.15) is 39.8 Å². The van der Waals surface area contributed by atoms with Crippen LogP contribution in [0.4, 0.5) is 4.39 Å². The normalized spacial score (nSPS) is 13.1. The predicted octanol–water partition coefficient (Wildman–Crippen LogP) is 6.03. The van der Waals surface area contributed by atoms with Crippen LogP contribution in [0, 0.1) is 17.2 Å². The van der Waals surface area contributed by atoms with Crippen molar-refractivity contribution in [3.8, 4) is 22.8 Å². The first kappa shape index (κ1) is 19.3. The van der Waals surface area contributed by atoms with E-state index in [9.17, 15) is 4.39 Å². The number of aromatic nitrogens is 4. The Kier molecular flexibility index (Phi) is 4.94. The largest absolute Gasteiger partial charge is 0.463 e. The fourth-order valence-electron chi connectivity index (χ4n) is 3.75. The first-order valence-corrected chi connectivity index (χ1v) is 9.90. The second-order valence-electron chi connectivity index (χ2n) is 8.47. The minimum absolute atomic E-state index is 0.165. The highest BCUT2D eigenvalue weighted by Gasteiger charge is 2.24. The van der Waals surface area contributed by atoms with Crippen LogP contribution in [0.15, 0.2) is 47.3 Å². The van der Waals surface area contributed by atoms with Crippen LogP contribution in [-0.2, 0) is 6.42 Å². The Labute approximate surface area is 169 Å². The molecule has 4 aromatic heterocycles. The molecule has 6 heteroatoms. The van der Waals surface area contributed by atoms with E-state index in [-0.39, 0.29) is 11.2 Å². The molecular weight excluding hydrogens is 367 g/mol. The van der Waals surface area contributed by atoms with Crippen LogP contribution in [-0.4, -0.2) is 19.9 Å². The van der Waals surface area contributed by atoms with Crippen molar-refractivity contribution < 1.29 is 8.81 Å². The van der Waals surface area contributed by atoms with Gasteiger partial charge in [0, 0.05) is 22.8 Å². The Morgan fingerprint density at radius 3 is 2.72 bits per heavy atom. The van der Waals surface area contributed by atoms with Crippen molar-refractivity contribution in [1.29, 1.82) is 0 Å². The quantitative estimate of drug-likeness (QED) is 0.450. The second kappa shape index (κ2) is 7.43. The summed E-state index contributed by atoms with van der Waals surface area (Å²) < 4.78 is 19.4. The van der Waals surface area contributed by atoms with E-state index in [0.717, 1.165) is 29.8 Å². The van der Waals surface area contributed by atoms with Gasteiger partial charge in [-0.3, -0.25) is 0 Å². The number of aromatic amines is 1. The van der Waals surface area contributed by atoms with Crippen molar-refractivity contribution in [1.82, 2.24) is 19.9 Å². The molecule has 5 nitrogen and oxygen atoms in total. The Morgan fingerprint density at radius 1 is 1.21 bits per heavy atom. The molecule has 1 atom stereocenters. The smallest absolute Gasteiger partial charge is 0.162 e. The zero-order valence-electron chi connectivity index (χ0n) is 17.2. The van der Waals surface area contributed by atoms with Crippen molar-refractivity contribution in [3.05, 3.63) is 54.4 Å². The summed E-state index contributed by atoms with van der Waals surface area (Å²) in [6.45, 7) is 8.97. The molecule has 0 unspecified atom stereocenters. The second-order valence-corrected chi connectivity index (χ2v) is 8.47. The van der Waals surface area contributed by atoms with Crippen LogP contribution in [0.5, 0.6) is 0 Å². The van der Waals surface area contributed by atoms with Crippen LogP contribution >= 0.6 is 0 Å². The Morgan fingerprint density at radius 2 is 2.03 bits per heavy atom. The number of rotatable bonds is 5. The molecule has 4 rings (SSSR count). The molecule has 0 aromatic carbocycles. The number of nitrogens with zero attached hydrogens (tertiary/aromatic N) is 3. The molecule has 0 spiro atoms. The lowest BCUT2D eigenvalue weighted by molar-refractivity contribution is 0.230. The lowest BCUT2D eigenvalue weighted by atomic mass is 9.76. The number of nitrogens with one attached hydrogen (secondary N) is 1. The number of H-pyrrole nitrogens is 1. The van der Waals surface area contributed by atoms with Crippen molar-refractivity contribution >= 4 is 11.0 Å². The Bertz CT molecular complexity index is 1130. The Balaban J connectivity index is 1.85. The molecule has 0 fully saturated rings. The lowest BCUT2D eigenvalue weighted by Gasteiger charge is -2.29. The summed E-state index contributed by atoms with van der Waals surface area (Å²) >= 11 is 0. The SMILES string of the molecule is CC[C@@H](Cc1cc(-c2ccco2)nc(-c2c[nH]c3ncc(F)cc23)n1)C(C)(C)C. The lowest BCUT2D eigenvalue weighted by Crippen LogP contribution is -2.22. The highest BCUT2D eigenvalue weighted by Crippen LogP contribution is 2.33. The molecule has 4 aromatic rings. The molecule has 4 heterocycles. The molecule has 0 amide bonds. The fraction of sp³-hybridized carbons (Fsp3) is 0.348. The molecule has 0 saturated heterocycles. The minimum atomic E-state index is -0.389. The molecule has 0 aliphatic carbocycles. The van der Waals surface area contributed by atoms with Gasteiger partial charge in [0.05, 0.1) is 12.5 Å². The van der Waals surface area contributed by atoms with E-state index in [1.807, 2.05) is 18.2 Å². The zero-order chi connectivity index (χ0) is 20.6. The summed E-state index contributed by atoms with van der Waals surface area (Å²) in [4.78, 5) is 16.8. The molecular formula is C23H25FN4O. The first-order valence-electron chi connectivity index (χ1n) is 9.90. The van der Waals surface area contributed by atoms with E-state index in [2.05, 4.69) is 37.7 Å². The fourth-order valence-corrected chi connectivity index (χ4v) is 3.75. The maximum atomic E-state index is 13.8. The van der Waals surface area contributed by atoms with E-state index in [1.54, 1.807) is 12.5 Å². The van der Waals surface area contributed by atoms with Crippen LogP contribution in [0.25, 0.3) is 33.9 Å². The number of pyridine rings is 1. The number of hydrogen-bond donors (Lipinski definition) is 1. The maximum Gasteiger partial charge on any atom is 0.162 e. The summed E-state index contributed by atoms with van der Waals surface area (Å²) in [6, 6.07) is 7.17. The molecule has 0 saturated carbocycles. The summed E-state index contributed by atoms with van der Waals surface area (Å²) in [5, 5.41) is 0.662. The van der Waals surface area contributed by atoms with E-state index in [0.29, 0.717) is 28.5 Å². The van der Waals surface area contributed by atoms with Crippen molar-refractivity contribution in [2.24, 2.45) is 11.3 Å². The molecule has 1 N–H and O–H groups in total. The number of halogens is 1. The van der Waals surface area contributed by atoms with Gasteiger partial charge >= 0.3 is 0 Å². The highest BCUT2D eigenvalue weighted by molar-refractivity contribution is 5.91. The highest BCUT2D eigenvalue weighted by atomic mass is 19.1. The molecule has 0 aliphatic rings. The number of furan rings is 1. The predicted molar refractivity (Wildman–Crippen MR) is 112 cm³/mol. The third kappa shape index (κ3) is 3.92. The number of fused-ring (bicyclic) bond motifs is 1. The zero-order valence-corrected chi connectivity index (χ0v) is 17.2. The molecule has 0 radical (unpaired) electrons. The van der Waals surface area contributed by atoms with Gasteiger partial charge in [0.1, 0.15) is 17.2 Å². The Hall–Kier alpha value is -3.02.